The predicted octanol–water partition coefficient (Wildman–Crippen LogP) is 3.81. The Bertz CT molecular complexity index is 780. The summed E-state index contributed by atoms with van der Waals surface area (Å²) in [5.74, 6) is 0.897. The summed E-state index contributed by atoms with van der Waals surface area (Å²) in [7, 11) is 0. The van der Waals surface area contributed by atoms with E-state index in [-0.39, 0.29) is 11.9 Å². The molecule has 3 rings (SSSR count). The highest BCUT2D eigenvalue weighted by molar-refractivity contribution is 5.82. The fraction of sp³-hybridized carbons (Fsp3) is 0.294. The highest BCUT2D eigenvalue weighted by atomic mass is 19.1. The molecule has 114 valence electrons. The van der Waals surface area contributed by atoms with Crippen LogP contribution in [0.15, 0.2) is 36.7 Å². The van der Waals surface area contributed by atoms with Crippen molar-refractivity contribution in [3.05, 3.63) is 48.3 Å². The second kappa shape index (κ2) is 5.85. The first-order chi connectivity index (χ1) is 10.5. The molecule has 0 unspecified atom stereocenters. The molecule has 3 aromatic rings. The van der Waals surface area contributed by atoms with Crippen molar-refractivity contribution in [2.45, 2.75) is 26.3 Å². The Morgan fingerprint density at radius 2 is 1.95 bits per heavy atom. The first-order valence-electron chi connectivity index (χ1n) is 7.39. The van der Waals surface area contributed by atoms with Gasteiger partial charge in [-0.2, -0.15) is 0 Å². The van der Waals surface area contributed by atoms with Crippen LogP contribution in [-0.4, -0.2) is 15.0 Å². The molecule has 22 heavy (non-hydrogen) atoms. The van der Waals surface area contributed by atoms with Gasteiger partial charge in [0.25, 0.3) is 0 Å². The summed E-state index contributed by atoms with van der Waals surface area (Å²) in [5.41, 5.74) is 8.85. The molecule has 0 aliphatic carbocycles. The maximum Gasteiger partial charge on any atom is 0.133 e. The molecular formula is C17H19FN4. The van der Waals surface area contributed by atoms with Gasteiger partial charge in [-0.3, -0.25) is 4.98 Å². The number of aromatic amines is 1. The first-order valence-corrected chi connectivity index (χ1v) is 7.39. The molecule has 0 aliphatic heterocycles. The van der Waals surface area contributed by atoms with Crippen molar-refractivity contribution in [3.8, 4) is 11.1 Å². The van der Waals surface area contributed by atoms with Crippen LogP contribution in [-0.2, 0) is 0 Å². The zero-order valence-corrected chi connectivity index (χ0v) is 12.7. The van der Waals surface area contributed by atoms with E-state index in [0.29, 0.717) is 22.8 Å². The van der Waals surface area contributed by atoms with Crippen molar-refractivity contribution in [2.75, 3.05) is 0 Å². The van der Waals surface area contributed by atoms with E-state index in [0.717, 1.165) is 17.5 Å². The average molecular weight is 298 g/mol. The van der Waals surface area contributed by atoms with Crippen LogP contribution in [0.1, 0.15) is 32.1 Å². The summed E-state index contributed by atoms with van der Waals surface area (Å²) < 4.78 is 14.3. The molecule has 4 nitrogen and oxygen atoms in total. The number of pyridine rings is 1. The van der Waals surface area contributed by atoms with E-state index in [1.807, 2.05) is 0 Å². The van der Waals surface area contributed by atoms with Gasteiger partial charge < -0.3 is 10.7 Å². The maximum absolute atomic E-state index is 14.3. The highest BCUT2D eigenvalue weighted by Crippen LogP contribution is 2.27. The predicted molar refractivity (Wildman–Crippen MR) is 85.7 cm³/mol. The number of hydrogen-bond donors (Lipinski definition) is 2. The van der Waals surface area contributed by atoms with E-state index in [1.165, 1.54) is 6.07 Å². The van der Waals surface area contributed by atoms with Crippen molar-refractivity contribution in [1.82, 2.24) is 15.0 Å². The lowest BCUT2D eigenvalue weighted by Crippen LogP contribution is -2.14. The minimum absolute atomic E-state index is 0.167. The average Bonchev–Trinajstić information content (AvgIpc) is 2.89. The Labute approximate surface area is 128 Å². The molecule has 0 spiro atoms. The summed E-state index contributed by atoms with van der Waals surface area (Å²) in [6.07, 6.45) is 4.13. The molecule has 0 aliphatic rings. The third kappa shape index (κ3) is 2.85. The van der Waals surface area contributed by atoms with Gasteiger partial charge in [-0.1, -0.05) is 13.8 Å². The molecule has 1 aromatic carbocycles. The summed E-state index contributed by atoms with van der Waals surface area (Å²) in [6.45, 7) is 4.23. The topological polar surface area (TPSA) is 67.6 Å². The molecule has 0 saturated heterocycles. The number of hydrogen-bond acceptors (Lipinski definition) is 3. The van der Waals surface area contributed by atoms with Crippen LogP contribution in [0.4, 0.5) is 4.39 Å². The molecule has 0 fully saturated rings. The molecule has 2 heterocycles. The van der Waals surface area contributed by atoms with Crippen LogP contribution in [0.5, 0.6) is 0 Å². The van der Waals surface area contributed by atoms with Gasteiger partial charge >= 0.3 is 0 Å². The van der Waals surface area contributed by atoms with Gasteiger partial charge in [-0.15, -0.1) is 0 Å². The second-order valence-electron chi connectivity index (χ2n) is 5.94. The fourth-order valence-electron chi connectivity index (χ4n) is 2.60. The van der Waals surface area contributed by atoms with Crippen LogP contribution in [0.3, 0.4) is 0 Å². The number of imidazole rings is 1. The normalized spacial score (nSPS) is 13.0. The van der Waals surface area contributed by atoms with Crippen LogP contribution >= 0.6 is 0 Å². The minimum Gasteiger partial charge on any atom is -0.341 e. The minimum atomic E-state index is -0.286. The van der Waals surface area contributed by atoms with E-state index in [1.54, 1.807) is 30.6 Å². The zero-order valence-electron chi connectivity index (χ0n) is 12.7. The molecule has 0 saturated carbocycles. The monoisotopic (exact) mass is 298 g/mol. The summed E-state index contributed by atoms with van der Waals surface area (Å²) in [5, 5.41) is 0. The van der Waals surface area contributed by atoms with Crippen LogP contribution in [0.2, 0.25) is 0 Å². The van der Waals surface area contributed by atoms with Gasteiger partial charge in [0.1, 0.15) is 11.6 Å². The van der Waals surface area contributed by atoms with Gasteiger partial charge in [0.05, 0.1) is 17.1 Å². The SMILES string of the molecule is CC(C)C[C@@H](N)c1nc2cc(-c3ccncc3)c(F)cc2[nH]1. The molecule has 0 amide bonds. The second-order valence-corrected chi connectivity index (χ2v) is 5.94. The number of benzene rings is 1. The van der Waals surface area contributed by atoms with Crippen molar-refractivity contribution in [2.24, 2.45) is 11.7 Å². The zero-order chi connectivity index (χ0) is 15.7. The molecule has 0 radical (unpaired) electrons. The molecule has 1 atom stereocenters. The maximum atomic E-state index is 14.3. The van der Waals surface area contributed by atoms with Crippen molar-refractivity contribution < 1.29 is 4.39 Å². The van der Waals surface area contributed by atoms with E-state index in [4.69, 9.17) is 5.73 Å². The van der Waals surface area contributed by atoms with E-state index >= 15 is 0 Å². The Morgan fingerprint density at radius 1 is 1.23 bits per heavy atom. The third-order valence-corrected chi connectivity index (χ3v) is 3.66. The first kappa shape index (κ1) is 14.7. The number of nitrogens with one attached hydrogen (secondary N) is 1. The van der Waals surface area contributed by atoms with E-state index in [9.17, 15) is 4.39 Å². The molecule has 5 heteroatoms. The lowest BCUT2D eigenvalue weighted by Gasteiger charge is -2.10. The Hall–Kier alpha value is -2.27. The number of halogens is 1. The Morgan fingerprint density at radius 3 is 2.64 bits per heavy atom. The number of nitrogens with zero attached hydrogens (tertiary/aromatic N) is 2. The number of rotatable bonds is 4. The fourth-order valence-corrected chi connectivity index (χ4v) is 2.60. The van der Waals surface area contributed by atoms with E-state index < -0.39 is 0 Å². The van der Waals surface area contributed by atoms with Crippen LogP contribution in [0.25, 0.3) is 22.2 Å². The molecule has 0 bridgehead atoms. The summed E-state index contributed by atoms with van der Waals surface area (Å²) in [4.78, 5) is 11.6. The van der Waals surface area contributed by atoms with Gasteiger partial charge in [0, 0.05) is 24.0 Å². The number of aromatic nitrogens is 3. The van der Waals surface area contributed by atoms with Gasteiger partial charge in [-0.25, -0.2) is 9.37 Å². The van der Waals surface area contributed by atoms with Crippen LogP contribution in [0, 0.1) is 11.7 Å². The molecule has 3 N–H and O–H groups in total. The Kier molecular flexibility index (Phi) is 3.90. The largest absolute Gasteiger partial charge is 0.341 e. The molecule has 2 aromatic heterocycles. The van der Waals surface area contributed by atoms with Gasteiger partial charge in [0.2, 0.25) is 0 Å². The summed E-state index contributed by atoms with van der Waals surface area (Å²) in [6, 6.07) is 6.62. The lowest BCUT2D eigenvalue weighted by atomic mass is 10.0. The lowest BCUT2D eigenvalue weighted by molar-refractivity contribution is 0.496. The standard InChI is InChI=1S/C17H19FN4/c1-10(2)7-14(19)17-21-15-8-12(11-3-5-20-6-4-11)13(18)9-16(15)22-17/h3-6,8-10,14H,7,19H2,1-2H3,(H,21,22)/t14-/m1/s1. The van der Waals surface area contributed by atoms with Crippen LogP contribution < -0.4 is 5.73 Å². The number of H-pyrrole nitrogens is 1. The Balaban J connectivity index is 2.03. The third-order valence-electron chi connectivity index (χ3n) is 3.66. The number of nitrogens with two attached hydrogens (primary N) is 1. The van der Waals surface area contributed by atoms with Crippen molar-refractivity contribution >= 4 is 11.0 Å². The number of fused-ring (bicyclic) bond motifs is 1. The quantitative estimate of drug-likeness (QED) is 0.769. The highest BCUT2D eigenvalue weighted by Gasteiger charge is 2.15. The van der Waals surface area contributed by atoms with Crippen molar-refractivity contribution in [3.63, 3.8) is 0 Å². The van der Waals surface area contributed by atoms with E-state index in [2.05, 4.69) is 28.8 Å². The molecular weight excluding hydrogens is 279 g/mol. The van der Waals surface area contributed by atoms with Gasteiger partial charge in [0.15, 0.2) is 0 Å². The van der Waals surface area contributed by atoms with Gasteiger partial charge in [-0.05, 0) is 36.1 Å². The smallest absolute Gasteiger partial charge is 0.133 e. The summed E-state index contributed by atoms with van der Waals surface area (Å²) >= 11 is 0. The van der Waals surface area contributed by atoms with Crippen molar-refractivity contribution in [1.29, 1.82) is 0 Å².